The molecule has 170 valence electrons. The zero-order chi connectivity index (χ0) is 23.2. The van der Waals surface area contributed by atoms with Crippen LogP contribution in [0.25, 0.3) is 0 Å². The predicted octanol–water partition coefficient (Wildman–Crippen LogP) is 3.23. The van der Waals surface area contributed by atoms with Crippen molar-refractivity contribution in [2.24, 2.45) is 0 Å². The van der Waals surface area contributed by atoms with Crippen molar-refractivity contribution in [2.75, 3.05) is 34.4 Å². The molecule has 2 rings (SSSR count). The molecule has 0 saturated carbocycles. The number of methoxy groups -OCH3 is 3. The molecule has 1 unspecified atom stereocenters. The van der Waals surface area contributed by atoms with Gasteiger partial charge in [0.25, 0.3) is 5.91 Å². The molecule has 0 aliphatic heterocycles. The Labute approximate surface area is 184 Å². The van der Waals surface area contributed by atoms with Crippen molar-refractivity contribution in [3.05, 3.63) is 47.5 Å². The first-order valence-corrected chi connectivity index (χ1v) is 11.4. The van der Waals surface area contributed by atoms with Gasteiger partial charge in [-0.2, -0.15) is 4.31 Å². The molecule has 1 N–H and O–H groups in total. The quantitative estimate of drug-likeness (QED) is 0.597. The molecule has 0 radical (unpaired) electrons. The molecule has 0 fully saturated rings. The number of nitrogens with zero attached hydrogens (tertiary/aromatic N) is 1. The van der Waals surface area contributed by atoms with Crippen molar-refractivity contribution in [3.8, 4) is 17.2 Å². The average molecular weight is 451 g/mol. The van der Waals surface area contributed by atoms with Gasteiger partial charge < -0.3 is 19.5 Å². The molecular weight excluding hydrogens is 420 g/mol. The Balaban J connectivity index is 2.34. The van der Waals surface area contributed by atoms with Crippen LogP contribution < -0.4 is 19.5 Å². The van der Waals surface area contributed by atoms with Gasteiger partial charge in [0.15, 0.2) is 11.5 Å². The Kier molecular flexibility index (Phi) is 8.29. The van der Waals surface area contributed by atoms with E-state index in [0.717, 1.165) is 5.56 Å². The van der Waals surface area contributed by atoms with Crippen molar-refractivity contribution in [3.63, 3.8) is 0 Å². The van der Waals surface area contributed by atoms with Gasteiger partial charge >= 0.3 is 0 Å². The first kappa shape index (κ1) is 24.5. The van der Waals surface area contributed by atoms with E-state index in [-0.39, 0.29) is 22.3 Å². The van der Waals surface area contributed by atoms with E-state index < -0.39 is 15.9 Å². The van der Waals surface area contributed by atoms with Crippen molar-refractivity contribution in [1.29, 1.82) is 0 Å². The van der Waals surface area contributed by atoms with Gasteiger partial charge in [0.1, 0.15) is 10.6 Å². The van der Waals surface area contributed by atoms with E-state index in [4.69, 9.17) is 14.2 Å². The molecule has 2 aromatic rings. The van der Waals surface area contributed by atoms with Crippen molar-refractivity contribution in [1.82, 2.24) is 9.62 Å². The van der Waals surface area contributed by atoms with E-state index in [2.05, 4.69) is 5.32 Å². The van der Waals surface area contributed by atoms with Gasteiger partial charge in [-0.05, 0) is 42.8 Å². The van der Waals surface area contributed by atoms with Crippen LogP contribution in [0.4, 0.5) is 0 Å². The van der Waals surface area contributed by atoms with Crippen LogP contribution in [0.2, 0.25) is 0 Å². The minimum Gasteiger partial charge on any atom is -0.495 e. The van der Waals surface area contributed by atoms with Crippen LogP contribution in [0.1, 0.15) is 42.7 Å². The summed E-state index contributed by atoms with van der Waals surface area (Å²) in [6.45, 7) is 5.98. The Morgan fingerprint density at radius 2 is 1.52 bits per heavy atom. The zero-order valence-electron chi connectivity index (χ0n) is 18.8. The first-order chi connectivity index (χ1) is 14.7. The third-order valence-electron chi connectivity index (χ3n) is 5.00. The standard InChI is InChI=1S/C22H30N2O6S/c1-7-24(8-2)31(26,27)21-14-17(10-12-19(21)29-5)22(25)23-15(3)16-9-11-18(28-4)20(13-16)30-6/h9-15H,7-8H2,1-6H3,(H,23,25). The SMILES string of the molecule is CCN(CC)S(=O)(=O)c1cc(C(=O)NC(C)c2ccc(OC)c(OC)c2)ccc1OC. The zero-order valence-corrected chi connectivity index (χ0v) is 19.6. The summed E-state index contributed by atoms with van der Waals surface area (Å²) in [5.41, 5.74) is 1.04. The molecule has 2 aromatic carbocycles. The topological polar surface area (TPSA) is 94.2 Å². The van der Waals surface area contributed by atoms with E-state index in [9.17, 15) is 13.2 Å². The lowest BCUT2D eigenvalue weighted by molar-refractivity contribution is 0.0939. The van der Waals surface area contributed by atoms with E-state index in [0.29, 0.717) is 24.6 Å². The van der Waals surface area contributed by atoms with E-state index >= 15 is 0 Å². The third-order valence-corrected chi connectivity index (χ3v) is 7.08. The number of amides is 1. The van der Waals surface area contributed by atoms with Crippen LogP contribution in [-0.4, -0.2) is 53.0 Å². The molecule has 8 nitrogen and oxygen atoms in total. The molecule has 0 heterocycles. The summed E-state index contributed by atoms with van der Waals surface area (Å²) < 4.78 is 43.1. The molecule has 1 atom stereocenters. The predicted molar refractivity (Wildman–Crippen MR) is 119 cm³/mol. The van der Waals surface area contributed by atoms with E-state index in [1.54, 1.807) is 40.2 Å². The molecule has 1 amide bonds. The summed E-state index contributed by atoms with van der Waals surface area (Å²) in [6.07, 6.45) is 0. The molecule has 0 aliphatic carbocycles. The highest BCUT2D eigenvalue weighted by Crippen LogP contribution is 2.31. The van der Waals surface area contributed by atoms with Gasteiger partial charge in [-0.25, -0.2) is 8.42 Å². The van der Waals surface area contributed by atoms with E-state index in [1.165, 1.54) is 29.6 Å². The lowest BCUT2D eigenvalue weighted by atomic mass is 10.1. The number of carbonyl (C=O) groups excluding carboxylic acids is 1. The molecule has 0 saturated heterocycles. The second kappa shape index (κ2) is 10.5. The highest BCUT2D eigenvalue weighted by atomic mass is 32.2. The molecule has 9 heteroatoms. The minimum absolute atomic E-state index is 0.0369. The molecular formula is C22H30N2O6S. The number of ether oxygens (including phenoxy) is 3. The largest absolute Gasteiger partial charge is 0.495 e. The summed E-state index contributed by atoms with van der Waals surface area (Å²) in [5.74, 6) is 0.932. The summed E-state index contributed by atoms with van der Waals surface area (Å²) >= 11 is 0. The minimum atomic E-state index is -3.80. The van der Waals surface area contributed by atoms with Crippen molar-refractivity contribution >= 4 is 15.9 Å². The molecule has 0 aromatic heterocycles. The number of rotatable bonds is 10. The molecule has 0 spiro atoms. The van der Waals surface area contributed by atoms with Crippen LogP contribution in [-0.2, 0) is 10.0 Å². The molecule has 31 heavy (non-hydrogen) atoms. The Morgan fingerprint density at radius 1 is 0.935 bits per heavy atom. The fraction of sp³-hybridized carbons (Fsp3) is 0.409. The molecule has 0 bridgehead atoms. The smallest absolute Gasteiger partial charge is 0.251 e. The highest BCUT2D eigenvalue weighted by Gasteiger charge is 2.27. The fourth-order valence-corrected chi connectivity index (χ4v) is 4.85. The van der Waals surface area contributed by atoms with Gasteiger partial charge in [0.05, 0.1) is 27.4 Å². The number of hydrogen-bond donors (Lipinski definition) is 1. The van der Waals surface area contributed by atoms with Crippen LogP contribution in [0.5, 0.6) is 17.2 Å². The van der Waals surface area contributed by atoms with Crippen molar-refractivity contribution in [2.45, 2.75) is 31.7 Å². The normalized spacial score (nSPS) is 12.4. The first-order valence-electron chi connectivity index (χ1n) is 9.94. The van der Waals surface area contributed by atoms with Gasteiger partial charge in [0.2, 0.25) is 10.0 Å². The second-order valence-corrected chi connectivity index (χ2v) is 8.67. The molecule has 0 aliphatic rings. The van der Waals surface area contributed by atoms with Crippen LogP contribution >= 0.6 is 0 Å². The Morgan fingerprint density at radius 3 is 2.06 bits per heavy atom. The van der Waals surface area contributed by atoms with Crippen LogP contribution in [0.15, 0.2) is 41.3 Å². The van der Waals surface area contributed by atoms with Crippen LogP contribution in [0, 0.1) is 0 Å². The van der Waals surface area contributed by atoms with Gasteiger partial charge in [-0.15, -0.1) is 0 Å². The summed E-state index contributed by atoms with van der Waals surface area (Å²) in [7, 11) is 0.692. The number of benzene rings is 2. The Bertz CT molecular complexity index is 1020. The van der Waals surface area contributed by atoms with Crippen LogP contribution in [0.3, 0.4) is 0 Å². The van der Waals surface area contributed by atoms with Crippen molar-refractivity contribution < 1.29 is 27.4 Å². The van der Waals surface area contributed by atoms with Gasteiger partial charge in [-0.3, -0.25) is 4.79 Å². The maximum atomic E-state index is 13.0. The summed E-state index contributed by atoms with van der Waals surface area (Å²) in [6, 6.07) is 9.41. The average Bonchev–Trinajstić information content (AvgIpc) is 2.78. The number of nitrogens with one attached hydrogen (secondary N) is 1. The summed E-state index contributed by atoms with van der Waals surface area (Å²) in [4.78, 5) is 12.8. The number of hydrogen-bond acceptors (Lipinski definition) is 6. The number of sulfonamides is 1. The van der Waals surface area contributed by atoms with Gasteiger partial charge in [0, 0.05) is 18.7 Å². The maximum absolute atomic E-state index is 13.0. The second-order valence-electron chi connectivity index (χ2n) is 6.76. The monoisotopic (exact) mass is 450 g/mol. The maximum Gasteiger partial charge on any atom is 0.251 e. The van der Waals surface area contributed by atoms with Gasteiger partial charge in [-0.1, -0.05) is 19.9 Å². The fourth-order valence-electron chi connectivity index (χ4n) is 3.21. The third kappa shape index (κ3) is 5.29. The lowest BCUT2D eigenvalue weighted by Gasteiger charge is -2.21. The summed E-state index contributed by atoms with van der Waals surface area (Å²) in [5, 5.41) is 2.89. The highest BCUT2D eigenvalue weighted by molar-refractivity contribution is 7.89. The lowest BCUT2D eigenvalue weighted by Crippen LogP contribution is -2.31. The number of carbonyl (C=O) groups is 1. The van der Waals surface area contributed by atoms with E-state index in [1.807, 2.05) is 13.0 Å². The Hall–Kier alpha value is -2.78.